The first-order valence-electron chi connectivity index (χ1n) is 13.0. The molecule has 0 spiro atoms. The summed E-state index contributed by atoms with van der Waals surface area (Å²) < 4.78 is 0. The van der Waals surface area contributed by atoms with Gasteiger partial charge in [-0.15, -0.1) is 0 Å². The van der Waals surface area contributed by atoms with Crippen LogP contribution < -0.4 is 0 Å². The van der Waals surface area contributed by atoms with Crippen molar-refractivity contribution in [3.8, 4) is 0 Å². The van der Waals surface area contributed by atoms with E-state index < -0.39 is 11.9 Å². The number of carboxylic acid groups (broad SMARTS) is 2. The van der Waals surface area contributed by atoms with Gasteiger partial charge in [-0.05, 0) is 38.5 Å². The zero-order valence-corrected chi connectivity index (χ0v) is 20.9. The minimum atomic E-state index is -0.691. The van der Waals surface area contributed by atoms with Gasteiger partial charge in [0.05, 0.1) is 25.0 Å². The highest BCUT2D eigenvalue weighted by Crippen LogP contribution is 2.21. The normalized spacial score (nSPS) is 13.2. The SMILES string of the molecule is CCCOOCOOCCCCCCCCC(CCCCCCC(CCC)C(=O)O)C(=O)O. The number of carboxylic acids is 2. The minimum absolute atomic E-state index is 0.0328. The van der Waals surface area contributed by atoms with Gasteiger partial charge in [-0.3, -0.25) is 9.59 Å². The maximum absolute atomic E-state index is 11.5. The van der Waals surface area contributed by atoms with Gasteiger partial charge in [-0.2, -0.15) is 0 Å². The smallest absolute Gasteiger partial charge is 0.306 e. The molecule has 196 valence electrons. The number of carbonyl (C=O) groups is 2. The summed E-state index contributed by atoms with van der Waals surface area (Å²) >= 11 is 0. The lowest BCUT2D eigenvalue weighted by atomic mass is 9.93. The number of unbranched alkanes of at least 4 members (excludes halogenated alkanes) is 8. The highest BCUT2D eigenvalue weighted by Gasteiger charge is 2.17. The molecule has 2 N–H and O–H groups in total. The van der Waals surface area contributed by atoms with Crippen LogP contribution in [-0.2, 0) is 29.1 Å². The van der Waals surface area contributed by atoms with Gasteiger partial charge in [-0.25, -0.2) is 19.6 Å². The molecule has 0 aliphatic carbocycles. The number of hydrogen-bond acceptors (Lipinski definition) is 6. The Balaban J connectivity index is 3.58. The Morgan fingerprint density at radius 2 is 0.970 bits per heavy atom. The molecule has 0 amide bonds. The van der Waals surface area contributed by atoms with Crippen LogP contribution in [0, 0.1) is 11.8 Å². The number of rotatable bonds is 26. The largest absolute Gasteiger partial charge is 0.481 e. The molecule has 33 heavy (non-hydrogen) atoms. The summed E-state index contributed by atoms with van der Waals surface area (Å²) in [5, 5.41) is 18.6. The Labute approximate surface area is 200 Å². The van der Waals surface area contributed by atoms with E-state index in [0.717, 1.165) is 103 Å². The molecular weight excluding hydrogens is 428 g/mol. The van der Waals surface area contributed by atoms with Gasteiger partial charge in [0.25, 0.3) is 0 Å². The standard InChI is InChI=1S/C25H48O8/c1-3-15-22(24(26)27)16-12-8-9-13-18-23(25(28)29)17-11-7-5-6-10-14-20-31-33-21-32-30-19-4-2/h22-23H,3-21H2,1-2H3,(H,26,27)(H,28,29). The molecule has 0 aromatic carbocycles. The lowest BCUT2D eigenvalue weighted by Crippen LogP contribution is -2.14. The van der Waals surface area contributed by atoms with Gasteiger partial charge in [0, 0.05) is 0 Å². The molecule has 0 radical (unpaired) electrons. The van der Waals surface area contributed by atoms with Crippen molar-refractivity contribution in [3.05, 3.63) is 0 Å². The summed E-state index contributed by atoms with van der Waals surface area (Å²) in [7, 11) is 0. The van der Waals surface area contributed by atoms with Crippen LogP contribution in [0.1, 0.15) is 117 Å². The van der Waals surface area contributed by atoms with Crippen molar-refractivity contribution in [2.45, 2.75) is 117 Å². The van der Waals surface area contributed by atoms with Crippen molar-refractivity contribution in [2.75, 3.05) is 20.0 Å². The van der Waals surface area contributed by atoms with Gasteiger partial charge in [0.2, 0.25) is 6.79 Å². The number of aliphatic carboxylic acids is 2. The minimum Gasteiger partial charge on any atom is -0.481 e. The second-order valence-corrected chi connectivity index (χ2v) is 8.76. The fraction of sp³-hybridized carbons (Fsp3) is 0.920. The summed E-state index contributed by atoms with van der Waals surface area (Å²) in [5.74, 6) is -1.87. The zero-order valence-electron chi connectivity index (χ0n) is 20.9. The predicted molar refractivity (Wildman–Crippen MR) is 126 cm³/mol. The molecule has 8 heteroatoms. The topological polar surface area (TPSA) is 112 Å². The van der Waals surface area contributed by atoms with E-state index in [2.05, 4.69) is 0 Å². The summed E-state index contributed by atoms with van der Waals surface area (Å²) in [5.41, 5.74) is 0. The summed E-state index contributed by atoms with van der Waals surface area (Å²) in [4.78, 5) is 42.0. The van der Waals surface area contributed by atoms with Crippen LogP contribution in [0.5, 0.6) is 0 Å². The van der Waals surface area contributed by atoms with Crippen LogP contribution in [-0.4, -0.2) is 42.2 Å². The van der Waals surface area contributed by atoms with Gasteiger partial charge in [0.15, 0.2) is 0 Å². The first kappa shape index (κ1) is 31.8. The van der Waals surface area contributed by atoms with Gasteiger partial charge in [-0.1, -0.05) is 78.1 Å². The van der Waals surface area contributed by atoms with Crippen molar-refractivity contribution < 1.29 is 39.4 Å². The monoisotopic (exact) mass is 476 g/mol. The van der Waals surface area contributed by atoms with Crippen molar-refractivity contribution in [3.63, 3.8) is 0 Å². The maximum atomic E-state index is 11.5. The third-order valence-corrected chi connectivity index (χ3v) is 5.77. The molecular formula is C25H48O8. The third-order valence-electron chi connectivity index (χ3n) is 5.77. The molecule has 2 unspecified atom stereocenters. The van der Waals surface area contributed by atoms with Crippen LogP contribution >= 0.6 is 0 Å². The van der Waals surface area contributed by atoms with Crippen LogP contribution in [0.3, 0.4) is 0 Å². The van der Waals surface area contributed by atoms with E-state index in [0.29, 0.717) is 13.2 Å². The Morgan fingerprint density at radius 3 is 1.42 bits per heavy atom. The van der Waals surface area contributed by atoms with Gasteiger partial charge < -0.3 is 10.2 Å². The van der Waals surface area contributed by atoms with Crippen LogP contribution in [0.15, 0.2) is 0 Å². The zero-order chi connectivity index (χ0) is 24.6. The molecule has 0 bridgehead atoms. The molecule has 8 nitrogen and oxygen atoms in total. The van der Waals surface area contributed by atoms with Crippen molar-refractivity contribution in [2.24, 2.45) is 11.8 Å². The maximum Gasteiger partial charge on any atom is 0.306 e. The average molecular weight is 477 g/mol. The molecule has 0 aromatic rings. The predicted octanol–water partition coefficient (Wildman–Crippen LogP) is 6.52. The van der Waals surface area contributed by atoms with Crippen LogP contribution in [0.25, 0.3) is 0 Å². The summed E-state index contributed by atoms with van der Waals surface area (Å²) in [6, 6.07) is 0. The molecule has 0 aliphatic rings. The van der Waals surface area contributed by atoms with E-state index in [-0.39, 0.29) is 18.6 Å². The van der Waals surface area contributed by atoms with Crippen molar-refractivity contribution in [1.82, 2.24) is 0 Å². The quantitative estimate of drug-likeness (QED) is 0.0628. The van der Waals surface area contributed by atoms with E-state index in [1.165, 1.54) is 0 Å². The van der Waals surface area contributed by atoms with Gasteiger partial charge in [0.1, 0.15) is 0 Å². The van der Waals surface area contributed by atoms with Crippen molar-refractivity contribution in [1.29, 1.82) is 0 Å². The third kappa shape index (κ3) is 21.1. The fourth-order valence-electron chi connectivity index (χ4n) is 3.81. The molecule has 0 heterocycles. The van der Waals surface area contributed by atoms with Crippen molar-refractivity contribution >= 4 is 11.9 Å². The molecule has 0 rings (SSSR count). The van der Waals surface area contributed by atoms with Crippen LogP contribution in [0.2, 0.25) is 0 Å². The first-order chi connectivity index (χ1) is 16.0. The second-order valence-electron chi connectivity index (χ2n) is 8.76. The molecule has 0 saturated heterocycles. The van der Waals surface area contributed by atoms with E-state index in [1.54, 1.807) is 0 Å². The van der Waals surface area contributed by atoms with Crippen LogP contribution in [0.4, 0.5) is 0 Å². The average Bonchev–Trinajstić information content (AvgIpc) is 2.78. The Morgan fingerprint density at radius 1 is 0.545 bits per heavy atom. The second kappa shape index (κ2) is 23.9. The van der Waals surface area contributed by atoms with E-state index in [4.69, 9.17) is 19.6 Å². The molecule has 0 aliphatic heterocycles. The Hall–Kier alpha value is -1.22. The Bertz CT molecular complexity index is 458. The van der Waals surface area contributed by atoms with E-state index in [9.17, 15) is 19.8 Å². The summed E-state index contributed by atoms with van der Waals surface area (Å²) in [6.07, 6.45) is 14.7. The van der Waals surface area contributed by atoms with Gasteiger partial charge >= 0.3 is 11.9 Å². The molecule has 0 aromatic heterocycles. The molecule has 0 fully saturated rings. The lowest BCUT2D eigenvalue weighted by Gasteiger charge is -2.13. The lowest BCUT2D eigenvalue weighted by molar-refractivity contribution is -0.418. The molecule has 0 saturated carbocycles. The highest BCUT2D eigenvalue weighted by molar-refractivity contribution is 5.70. The van der Waals surface area contributed by atoms with E-state index >= 15 is 0 Å². The van der Waals surface area contributed by atoms with E-state index in [1.807, 2.05) is 13.8 Å². The molecule has 2 atom stereocenters. The fourth-order valence-corrected chi connectivity index (χ4v) is 3.81. The summed E-state index contributed by atoms with van der Waals surface area (Å²) in [6.45, 7) is 5.02. The first-order valence-corrected chi connectivity index (χ1v) is 13.0. The Kier molecular flexibility index (Phi) is 23.0. The number of hydrogen-bond donors (Lipinski definition) is 2. The highest BCUT2D eigenvalue weighted by atomic mass is 17.3.